The molecule has 172 valence electrons. The molecule has 3 amide bonds. The summed E-state index contributed by atoms with van der Waals surface area (Å²) in [6.07, 6.45) is 4.48. The Balaban J connectivity index is 1.43. The van der Waals surface area contributed by atoms with Gasteiger partial charge in [-0.2, -0.15) is 0 Å². The molecule has 32 heavy (non-hydrogen) atoms. The predicted octanol–water partition coefficient (Wildman–Crippen LogP) is 3.80. The predicted molar refractivity (Wildman–Crippen MR) is 128 cm³/mol. The summed E-state index contributed by atoms with van der Waals surface area (Å²) in [5.41, 5.74) is 2.57. The van der Waals surface area contributed by atoms with E-state index >= 15 is 0 Å². The molecule has 0 unspecified atom stereocenters. The zero-order valence-corrected chi connectivity index (χ0v) is 19.1. The highest BCUT2D eigenvalue weighted by atomic mass is 16.2. The minimum Gasteiger partial charge on any atom is -0.359 e. The highest BCUT2D eigenvalue weighted by Gasteiger charge is 2.27. The molecule has 6 heteroatoms. The summed E-state index contributed by atoms with van der Waals surface area (Å²) in [6.45, 7) is 3.85. The molecule has 2 aromatic rings. The molecule has 2 aromatic carbocycles. The van der Waals surface area contributed by atoms with Crippen LogP contribution in [0.5, 0.6) is 0 Å². The zero-order chi connectivity index (χ0) is 22.6. The van der Waals surface area contributed by atoms with Gasteiger partial charge in [0, 0.05) is 46.2 Å². The maximum atomic E-state index is 12.6. The molecule has 1 fully saturated rings. The number of carbonyl (C=O) groups is 2. The Morgan fingerprint density at radius 1 is 0.812 bits per heavy atom. The fourth-order valence-electron chi connectivity index (χ4n) is 4.26. The highest BCUT2D eigenvalue weighted by molar-refractivity contribution is 5.75. The molecule has 1 saturated heterocycles. The van der Waals surface area contributed by atoms with Crippen molar-refractivity contribution in [1.82, 2.24) is 20.4 Å². The first kappa shape index (κ1) is 23.8. The number of nitrogens with zero attached hydrogens (tertiary/aromatic N) is 2. The van der Waals surface area contributed by atoms with Crippen LogP contribution in [0.4, 0.5) is 4.79 Å². The Bertz CT molecular complexity index is 781. The Hall–Kier alpha value is -2.86. The monoisotopic (exact) mass is 436 g/mol. The van der Waals surface area contributed by atoms with Gasteiger partial charge in [-0.25, -0.2) is 4.79 Å². The van der Waals surface area contributed by atoms with Gasteiger partial charge in [-0.1, -0.05) is 73.5 Å². The van der Waals surface area contributed by atoms with Crippen molar-refractivity contribution >= 4 is 11.9 Å². The average Bonchev–Trinajstić information content (AvgIpc) is 2.85. The van der Waals surface area contributed by atoms with E-state index in [9.17, 15) is 9.59 Å². The maximum Gasteiger partial charge on any atom is 0.317 e. The number of rotatable bonds is 10. The lowest BCUT2D eigenvalue weighted by molar-refractivity contribution is -0.120. The molecule has 0 aromatic heterocycles. The van der Waals surface area contributed by atoms with Gasteiger partial charge in [0.2, 0.25) is 5.91 Å². The number of benzene rings is 2. The lowest BCUT2D eigenvalue weighted by atomic mass is 9.96. The number of piperazine rings is 1. The first-order valence-electron chi connectivity index (χ1n) is 11.8. The molecule has 1 heterocycles. The summed E-state index contributed by atoms with van der Waals surface area (Å²) < 4.78 is 0. The normalized spacial score (nSPS) is 14.4. The Labute approximate surface area is 192 Å². The molecular weight excluding hydrogens is 400 g/mol. The van der Waals surface area contributed by atoms with E-state index in [1.165, 1.54) is 11.1 Å². The van der Waals surface area contributed by atoms with Crippen LogP contribution in [0.2, 0.25) is 0 Å². The van der Waals surface area contributed by atoms with Gasteiger partial charge in [-0.3, -0.25) is 9.69 Å². The summed E-state index contributed by atoms with van der Waals surface area (Å²) in [7, 11) is 1.67. The number of urea groups is 1. The van der Waals surface area contributed by atoms with Crippen molar-refractivity contribution in [2.75, 3.05) is 39.8 Å². The van der Waals surface area contributed by atoms with E-state index in [1.54, 1.807) is 7.05 Å². The van der Waals surface area contributed by atoms with Gasteiger partial charge in [-0.15, -0.1) is 0 Å². The Kier molecular flexibility index (Phi) is 9.57. The summed E-state index contributed by atoms with van der Waals surface area (Å²) in [6, 6.07) is 21.4. The summed E-state index contributed by atoms with van der Waals surface area (Å²) in [4.78, 5) is 28.2. The van der Waals surface area contributed by atoms with E-state index in [2.05, 4.69) is 76.2 Å². The maximum absolute atomic E-state index is 12.6. The molecule has 0 bridgehead atoms. The van der Waals surface area contributed by atoms with Crippen LogP contribution in [-0.2, 0) is 4.79 Å². The van der Waals surface area contributed by atoms with E-state index < -0.39 is 0 Å². The van der Waals surface area contributed by atoms with E-state index in [0.717, 1.165) is 51.9 Å². The molecule has 0 atom stereocenters. The van der Waals surface area contributed by atoms with E-state index in [1.807, 2.05) is 4.90 Å². The Morgan fingerprint density at radius 3 is 1.94 bits per heavy atom. The molecule has 1 aliphatic heterocycles. The second-order valence-electron chi connectivity index (χ2n) is 8.32. The van der Waals surface area contributed by atoms with E-state index in [-0.39, 0.29) is 18.0 Å². The van der Waals surface area contributed by atoms with Crippen molar-refractivity contribution in [3.05, 3.63) is 71.8 Å². The number of hydrogen-bond acceptors (Lipinski definition) is 3. The second-order valence-corrected chi connectivity index (χ2v) is 8.32. The van der Waals surface area contributed by atoms with E-state index in [4.69, 9.17) is 0 Å². The molecule has 3 rings (SSSR count). The van der Waals surface area contributed by atoms with Crippen molar-refractivity contribution in [3.8, 4) is 0 Å². The third-order valence-electron chi connectivity index (χ3n) is 6.08. The average molecular weight is 437 g/mol. The quantitative estimate of drug-likeness (QED) is 0.557. The van der Waals surface area contributed by atoms with Crippen LogP contribution in [0.25, 0.3) is 0 Å². The molecule has 0 spiro atoms. The highest BCUT2D eigenvalue weighted by Crippen LogP contribution is 2.29. The van der Waals surface area contributed by atoms with Gasteiger partial charge in [0.25, 0.3) is 0 Å². The third kappa shape index (κ3) is 7.09. The lowest BCUT2D eigenvalue weighted by Gasteiger charge is -2.39. The number of unbranched alkanes of at least 4 members (excludes halogenated alkanes) is 3. The SMILES string of the molecule is CNC(=O)CCCCCCNC(=O)N1CCN(C(c2ccccc2)c2ccccc2)CC1. The smallest absolute Gasteiger partial charge is 0.317 e. The first-order valence-corrected chi connectivity index (χ1v) is 11.8. The zero-order valence-electron chi connectivity index (χ0n) is 19.1. The topological polar surface area (TPSA) is 64.7 Å². The fourth-order valence-corrected chi connectivity index (χ4v) is 4.26. The van der Waals surface area contributed by atoms with Crippen LogP contribution < -0.4 is 10.6 Å². The number of nitrogens with one attached hydrogen (secondary N) is 2. The van der Waals surface area contributed by atoms with Crippen LogP contribution in [0.3, 0.4) is 0 Å². The molecule has 0 saturated carbocycles. The summed E-state index contributed by atoms with van der Waals surface area (Å²) in [5, 5.41) is 5.70. The standard InChI is InChI=1S/C26H36N4O2/c1-27-24(31)16-10-2-3-11-17-28-26(32)30-20-18-29(19-21-30)25(22-12-6-4-7-13-22)23-14-8-5-9-15-23/h4-9,12-15,25H,2-3,10-11,16-21H2,1H3,(H,27,31)(H,28,32). The van der Waals surface area contributed by atoms with Crippen LogP contribution in [0.1, 0.15) is 49.3 Å². The summed E-state index contributed by atoms with van der Waals surface area (Å²) in [5.74, 6) is 0.0965. The fraction of sp³-hybridized carbons (Fsp3) is 0.462. The minimum absolute atomic E-state index is 0.0333. The van der Waals surface area contributed by atoms with E-state index in [0.29, 0.717) is 13.0 Å². The van der Waals surface area contributed by atoms with Crippen molar-refractivity contribution in [3.63, 3.8) is 0 Å². The molecule has 0 radical (unpaired) electrons. The Morgan fingerprint density at radius 2 is 1.38 bits per heavy atom. The van der Waals surface area contributed by atoms with Gasteiger partial charge in [0.15, 0.2) is 0 Å². The van der Waals surface area contributed by atoms with Gasteiger partial charge in [0.05, 0.1) is 6.04 Å². The minimum atomic E-state index is 0.0333. The molecular formula is C26H36N4O2. The van der Waals surface area contributed by atoms with Gasteiger partial charge in [-0.05, 0) is 24.0 Å². The molecule has 1 aliphatic rings. The number of carbonyl (C=O) groups excluding carboxylic acids is 2. The van der Waals surface area contributed by atoms with Crippen molar-refractivity contribution in [2.24, 2.45) is 0 Å². The van der Waals surface area contributed by atoms with Gasteiger partial charge < -0.3 is 15.5 Å². The van der Waals surface area contributed by atoms with Crippen molar-refractivity contribution in [2.45, 2.75) is 38.1 Å². The molecule has 0 aliphatic carbocycles. The van der Waals surface area contributed by atoms with Crippen molar-refractivity contribution < 1.29 is 9.59 Å². The van der Waals surface area contributed by atoms with Crippen molar-refractivity contribution in [1.29, 1.82) is 0 Å². The van der Waals surface area contributed by atoms with Crippen LogP contribution in [0.15, 0.2) is 60.7 Å². The molecule has 6 nitrogen and oxygen atoms in total. The number of amides is 3. The molecule has 2 N–H and O–H groups in total. The first-order chi connectivity index (χ1) is 15.7. The number of hydrogen-bond donors (Lipinski definition) is 2. The third-order valence-corrected chi connectivity index (χ3v) is 6.08. The largest absolute Gasteiger partial charge is 0.359 e. The summed E-state index contributed by atoms with van der Waals surface area (Å²) >= 11 is 0. The van der Waals surface area contributed by atoms with Crippen LogP contribution in [0, 0.1) is 0 Å². The van der Waals surface area contributed by atoms with Crippen LogP contribution in [-0.4, -0.2) is 61.5 Å². The van der Waals surface area contributed by atoms with Crippen LogP contribution >= 0.6 is 0 Å². The second kappa shape index (κ2) is 12.9. The van der Waals surface area contributed by atoms with Gasteiger partial charge in [0.1, 0.15) is 0 Å². The van der Waals surface area contributed by atoms with Gasteiger partial charge >= 0.3 is 6.03 Å². The lowest BCUT2D eigenvalue weighted by Crippen LogP contribution is -2.52.